The first-order valence-corrected chi connectivity index (χ1v) is 12.0. The molecule has 2 aliphatic carbocycles. The lowest BCUT2D eigenvalue weighted by molar-refractivity contribution is -0.146. The summed E-state index contributed by atoms with van der Waals surface area (Å²) in [5.74, 6) is -1.38. The number of carboxylic acids is 1. The Labute approximate surface area is 200 Å². The lowest BCUT2D eigenvalue weighted by Gasteiger charge is -2.36. The van der Waals surface area contributed by atoms with Crippen LogP contribution >= 0.6 is 0 Å². The van der Waals surface area contributed by atoms with Crippen molar-refractivity contribution in [3.63, 3.8) is 0 Å². The first-order chi connectivity index (χ1) is 16.3. The van der Waals surface area contributed by atoms with Gasteiger partial charge < -0.3 is 20.1 Å². The molecule has 1 fully saturated rings. The molecule has 2 amide bonds. The summed E-state index contributed by atoms with van der Waals surface area (Å²) in [7, 11) is 0. The fraction of sp³-hybridized carbons (Fsp3) is 0.444. The molecule has 0 aliphatic heterocycles. The monoisotopic (exact) mass is 464 g/mol. The van der Waals surface area contributed by atoms with Crippen LogP contribution < -0.4 is 5.32 Å². The van der Waals surface area contributed by atoms with Crippen LogP contribution in [0.15, 0.2) is 48.5 Å². The molecule has 0 heterocycles. The van der Waals surface area contributed by atoms with E-state index in [1.165, 1.54) is 4.90 Å². The van der Waals surface area contributed by atoms with Gasteiger partial charge in [0, 0.05) is 12.5 Å². The Kier molecular flexibility index (Phi) is 7.20. The second kappa shape index (κ2) is 10.3. The van der Waals surface area contributed by atoms with E-state index in [2.05, 4.69) is 29.6 Å². The Morgan fingerprint density at radius 3 is 2.12 bits per heavy atom. The van der Waals surface area contributed by atoms with Gasteiger partial charge in [0.25, 0.3) is 0 Å². The third-order valence-corrected chi connectivity index (χ3v) is 6.73. The number of rotatable bonds is 9. The summed E-state index contributed by atoms with van der Waals surface area (Å²) in [6.07, 6.45) is 1.99. The highest BCUT2D eigenvalue weighted by Crippen LogP contribution is 2.44. The van der Waals surface area contributed by atoms with Gasteiger partial charge in [-0.3, -0.25) is 9.59 Å². The second-order valence-corrected chi connectivity index (χ2v) is 9.64. The minimum absolute atomic E-state index is 0.00330. The van der Waals surface area contributed by atoms with Crippen LogP contribution in [0.3, 0.4) is 0 Å². The van der Waals surface area contributed by atoms with E-state index in [0.717, 1.165) is 41.5 Å². The van der Waals surface area contributed by atoms with Gasteiger partial charge in [-0.15, -0.1) is 0 Å². The third-order valence-electron chi connectivity index (χ3n) is 6.73. The Hall–Kier alpha value is -3.35. The number of carbonyl (C=O) groups excluding carboxylic acids is 2. The van der Waals surface area contributed by atoms with Crippen molar-refractivity contribution in [2.45, 2.75) is 45.1 Å². The van der Waals surface area contributed by atoms with Crippen LogP contribution in [0.4, 0.5) is 4.79 Å². The van der Waals surface area contributed by atoms with Crippen molar-refractivity contribution in [1.29, 1.82) is 0 Å². The zero-order valence-electron chi connectivity index (χ0n) is 19.7. The molecule has 2 aromatic carbocycles. The zero-order chi connectivity index (χ0) is 24.2. The predicted molar refractivity (Wildman–Crippen MR) is 128 cm³/mol. The fourth-order valence-corrected chi connectivity index (χ4v) is 4.95. The largest absolute Gasteiger partial charge is 0.480 e. The zero-order valence-corrected chi connectivity index (χ0v) is 19.7. The van der Waals surface area contributed by atoms with Crippen LogP contribution in [0.1, 0.15) is 50.2 Å². The van der Waals surface area contributed by atoms with E-state index in [9.17, 15) is 19.5 Å². The van der Waals surface area contributed by atoms with Gasteiger partial charge in [0.1, 0.15) is 19.2 Å². The van der Waals surface area contributed by atoms with Crippen LogP contribution in [0, 0.1) is 11.8 Å². The van der Waals surface area contributed by atoms with Gasteiger partial charge in [0.2, 0.25) is 5.91 Å². The number of benzene rings is 2. The van der Waals surface area contributed by atoms with Gasteiger partial charge in [-0.1, -0.05) is 68.8 Å². The first kappa shape index (κ1) is 23.8. The summed E-state index contributed by atoms with van der Waals surface area (Å²) >= 11 is 0. The van der Waals surface area contributed by atoms with Gasteiger partial charge in [-0.2, -0.15) is 0 Å². The number of hydrogen-bond acceptors (Lipinski definition) is 4. The SMILES string of the molecule is CC(C)CN(CC(=O)O)C(=O)C(NC(=O)OCC1c2ccccc2-c2ccccc21)C1CCC1. The molecule has 1 atom stereocenters. The Morgan fingerprint density at radius 2 is 1.62 bits per heavy atom. The van der Waals surface area contributed by atoms with E-state index < -0.39 is 18.1 Å². The molecule has 2 aromatic rings. The molecule has 34 heavy (non-hydrogen) atoms. The van der Waals surface area contributed by atoms with Gasteiger partial charge in [0.15, 0.2) is 0 Å². The van der Waals surface area contributed by atoms with Gasteiger partial charge >= 0.3 is 12.1 Å². The molecule has 7 nitrogen and oxygen atoms in total. The molecule has 1 saturated carbocycles. The summed E-state index contributed by atoms with van der Waals surface area (Å²) in [5, 5.41) is 12.1. The molecule has 2 N–H and O–H groups in total. The maximum atomic E-state index is 13.3. The number of ether oxygens (including phenoxy) is 1. The van der Waals surface area contributed by atoms with E-state index in [1.807, 2.05) is 38.1 Å². The number of carboxylic acid groups (broad SMARTS) is 1. The van der Waals surface area contributed by atoms with Crippen molar-refractivity contribution in [2.75, 3.05) is 19.7 Å². The van der Waals surface area contributed by atoms with Crippen molar-refractivity contribution in [3.05, 3.63) is 59.7 Å². The molecule has 180 valence electrons. The van der Waals surface area contributed by atoms with E-state index in [4.69, 9.17) is 4.74 Å². The summed E-state index contributed by atoms with van der Waals surface area (Å²) < 4.78 is 5.64. The molecule has 2 aliphatic rings. The van der Waals surface area contributed by atoms with Crippen LogP contribution in [0.25, 0.3) is 11.1 Å². The van der Waals surface area contributed by atoms with Gasteiger partial charge in [-0.05, 0) is 46.9 Å². The predicted octanol–water partition coefficient (Wildman–Crippen LogP) is 4.26. The van der Waals surface area contributed by atoms with Crippen LogP contribution in [-0.4, -0.2) is 53.7 Å². The molecule has 0 spiro atoms. The molecule has 0 saturated heterocycles. The molecule has 0 radical (unpaired) electrons. The van der Waals surface area contributed by atoms with E-state index in [1.54, 1.807) is 0 Å². The Morgan fingerprint density at radius 1 is 1.03 bits per heavy atom. The van der Waals surface area contributed by atoms with Crippen LogP contribution in [0.2, 0.25) is 0 Å². The summed E-state index contributed by atoms with van der Waals surface area (Å²) in [6.45, 7) is 3.96. The molecule has 7 heteroatoms. The lowest BCUT2D eigenvalue weighted by Crippen LogP contribution is -2.55. The van der Waals surface area contributed by atoms with E-state index in [0.29, 0.717) is 6.54 Å². The average molecular weight is 465 g/mol. The van der Waals surface area contributed by atoms with Crippen molar-refractivity contribution < 1.29 is 24.2 Å². The number of nitrogens with one attached hydrogen (secondary N) is 1. The van der Waals surface area contributed by atoms with Crippen molar-refractivity contribution in [3.8, 4) is 11.1 Å². The fourth-order valence-electron chi connectivity index (χ4n) is 4.95. The highest BCUT2D eigenvalue weighted by atomic mass is 16.5. The number of carbonyl (C=O) groups is 3. The maximum absolute atomic E-state index is 13.3. The highest BCUT2D eigenvalue weighted by molar-refractivity contribution is 5.88. The number of fused-ring (bicyclic) bond motifs is 3. The van der Waals surface area contributed by atoms with Crippen LogP contribution in [-0.2, 0) is 14.3 Å². The number of hydrogen-bond donors (Lipinski definition) is 2. The number of amides is 2. The summed E-state index contributed by atoms with van der Waals surface area (Å²) in [4.78, 5) is 38.8. The first-order valence-electron chi connectivity index (χ1n) is 12.0. The minimum Gasteiger partial charge on any atom is -0.480 e. The number of nitrogens with zero attached hydrogens (tertiary/aromatic N) is 1. The Bertz CT molecular complexity index is 1020. The standard InChI is InChI=1S/C27H32N2O5/c1-17(2)14-29(15-24(30)31)26(32)25(18-8-7-9-18)28-27(33)34-16-23-21-12-5-3-10-19(21)20-11-4-6-13-22(20)23/h3-6,10-13,17-18,23,25H,7-9,14-16H2,1-2H3,(H,28,33)(H,30,31). The van der Waals surface area contributed by atoms with Crippen molar-refractivity contribution in [1.82, 2.24) is 10.2 Å². The molecule has 0 bridgehead atoms. The second-order valence-electron chi connectivity index (χ2n) is 9.64. The van der Waals surface area contributed by atoms with E-state index >= 15 is 0 Å². The summed E-state index contributed by atoms with van der Waals surface area (Å²) in [5.41, 5.74) is 4.53. The lowest BCUT2D eigenvalue weighted by atomic mass is 9.79. The van der Waals surface area contributed by atoms with Gasteiger partial charge in [0.05, 0.1) is 0 Å². The van der Waals surface area contributed by atoms with Gasteiger partial charge in [-0.25, -0.2) is 4.79 Å². The normalized spacial score (nSPS) is 15.7. The highest BCUT2D eigenvalue weighted by Gasteiger charge is 2.38. The smallest absolute Gasteiger partial charge is 0.407 e. The Balaban J connectivity index is 1.45. The topological polar surface area (TPSA) is 95.9 Å². The third kappa shape index (κ3) is 5.08. The van der Waals surface area contributed by atoms with Crippen molar-refractivity contribution in [2.24, 2.45) is 11.8 Å². The minimum atomic E-state index is -1.07. The summed E-state index contributed by atoms with van der Waals surface area (Å²) in [6, 6.07) is 15.4. The van der Waals surface area contributed by atoms with Crippen molar-refractivity contribution >= 4 is 18.0 Å². The molecule has 1 unspecified atom stereocenters. The maximum Gasteiger partial charge on any atom is 0.407 e. The van der Waals surface area contributed by atoms with Crippen LogP contribution in [0.5, 0.6) is 0 Å². The molecular formula is C27H32N2O5. The molecule has 0 aromatic heterocycles. The number of aliphatic carboxylic acids is 1. The molecular weight excluding hydrogens is 432 g/mol. The average Bonchev–Trinajstić information content (AvgIpc) is 3.08. The molecule has 4 rings (SSSR count). The number of alkyl carbamates (subject to hydrolysis) is 1. The quantitative estimate of drug-likeness (QED) is 0.578. The van der Waals surface area contributed by atoms with E-state index in [-0.39, 0.29) is 36.8 Å².